The van der Waals surface area contributed by atoms with Crippen LogP contribution < -0.4 is 10.2 Å². The van der Waals surface area contributed by atoms with Crippen LogP contribution in [0.4, 0.5) is 11.5 Å². The van der Waals surface area contributed by atoms with Gasteiger partial charge in [0.05, 0.1) is 5.56 Å². The summed E-state index contributed by atoms with van der Waals surface area (Å²) in [6.07, 6.45) is 7.33. The van der Waals surface area contributed by atoms with Crippen LogP contribution in [0.3, 0.4) is 0 Å². The van der Waals surface area contributed by atoms with Gasteiger partial charge in [0.15, 0.2) is 0 Å². The molecule has 1 amide bonds. The normalized spacial score (nSPS) is 13.8. The maximum absolute atomic E-state index is 12.8. The van der Waals surface area contributed by atoms with Crippen molar-refractivity contribution >= 4 is 17.4 Å². The van der Waals surface area contributed by atoms with Gasteiger partial charge in [0.1, 0.15) is 5.82 Å². The topological polar surface area (TPSA) is 45.2 Å². The smallest absolute Gasteiger partial charge is 0.257 e. The van der Waals surface area contributed by atoms with Crippen molar-refractivity contribution < 1.29 is 4.79 Å². The summed E-state index contributed by atoms with van der Waals surface area (Å²) in [6.45, 7) is 4.12. The van der Waals surface area contributed by atoms with Gasteiger partial charge < -0.3 is 10.2 Å². The van der Waals surface area contributed by atoms with Crippen LogP contribution in [-0.2, 0) is 12.8 Å². The highest BCUT2D eigenvalue weighted by atomic mass is 16.1. The lowest BCUT2D eigenvalue weighted by Crippen LogP contribution is -2.30. The maximum atomic E-state index is 12.8. The Labute approximate surface area is 179 Å². The number of amides is 1. The van der Waals surface area contributed by atoms with Crippen molar-refractivity contribution in [2.75, 3.05) is 23.3 Å². The van der Waals surface area contributed by atoms with Crippen molar-refractivity contribution in [2.45, 2.75) is 39.0 Å². The van der Waals surface area contributed by atoms with E-state index in [0.29, 0.717) is 5.56 Å². The minimum absolute atomic E-state index is 0.115. The number of hydrogen-bond acceptors (Lipinski definition) is 3. The van der Waals surface area contributed by atoms with Crippen molar-refractivity contribution in [3.05, 3.63) is 89.1 Å². The molecule has 4 rings (SSSR count). The van der Waals surface area contributed by atoms with Crippen LogP contribution in [0.25, 0.3) is 0 Å². The fraction of sp³-hybridized carbons (Fsp3) is 0.308. The molecule has 0 saturated carbocycles. The standard InChI is InChI=1S/C26H29N3O/c1-20-10-11-22(13-12-21-8-4-2-5-9-21)18-24(20)28-26(30)23-14-15-25(27-19-23)29-16-6-3-7-17-29/h2,4-5,8-11,14-15,18-19H,3,6-7,12-13,16-17H2,1H3,(H,28,30). The number of benzene rings is 2. The summed E-state index contributed by atoms with van der Waals surface area (Å²) in [5.41, 5.74) is 5.06. The number of nitrogens with one attached hydrogen (secondary N) is 1. The summed E-state index contributed by atoms with van der Waals surface area (Å²) in [7, 11) is 0. The maximum Gasteiger partial charge on any atom is 0.257 e. The number of carbonyl (C=O) groups excluding carboxylic acids is 1. The Balaban J connectivity index is 1.40. The second-order valence-electron chi connectivity index (χ2n) is 8.04. The van der Waals surface area contributed by atoms with Gasteiger partial charge in [-0.3, -0.25) is 4.79 Å². The summed E-state index contributed by atoms with van der Waals surface area (Å²) in [5, 5.41) is 3.07. The number of piperidine rings is 1. The van der Waals surface area contributed by atoms with E-state index in [9.17, 15) is 4.79 Å². The molecule has 0 radical (unpaired) electrons. The Morgan fingerprint density at radius 3 is 2.43 bits per heavy atom. The first kappa shape index (κ1) is 20.1. The fourth-order valence-electron chi connectivity index (χ4n) is 3.92. The van der Waals surface area contributed by atoms with Crippen LogP contribution in [-0.4, -0.2) is 24.0 Å². The number of aryl methyl sites for hydroxylation is 3. The molecule has 1 aliphatic heterocycles. The number of nitrogens with zero attached hydrogens (tertiary/aromatic N) is 2. The predicted molar refractivity (Wildman–Crippen MR) is 123 cm³/mol. The van der Waals surface area contributed by atoms with Crippen molar-refractivity contribution in [1.82, 2.24) is 4.98 Å². The third kappa shape index (κ3) is 5.07. The van der Waals surface area contributed by atoms with Gasteiger partial charge in [-0.05, 0) is 73.9 Å². The quantitative estimate of drug-likeness (QED) is 0.602. The molecule has 3 aromatic rings. The molecule has 2 heterocycles. The van der Waals surface area contributed by atoms with E-state index < -0.39 is 0 Å². The minimum Gasteiger partial charge on any atom is -0.357 e. The molecule has 1 fully saturated rings. The molecule has 1 saturated heterocycles. The summed E-state index contributed by atoms with van der Waals surface area (Å²) < 4.78 is 0. The molecule has 154 valence electrons. The molecular formula is C26H29N3O. The molecule has 4 nitrogen and oxygen atoms in total. The second kappa shape index (κ2) is 9.57. The summed E-state index contributed by atoms with van der Waals surface area (Å²) in [4.78, 5) is 19.6. The number of hydrogen-bond donors (Lipinski definition) is 1. The molecule has 1 aromatic heterocycles. The van der Waals surface area contributed by atoms with E-state index in [-0.39, 0.29) is 5.91 Å². The predicted octanol–water partition coefficient (Wildman–Crippen LogP) is 5.42. The second-order valence-corrected chi connectivity index (χ2v) is 8.04. The van der Waals surface area contributed by atoms with E-state index >= 15 is 0 Å². The Bertz CT molecular complexity index is 977. The van der Waals surface area contributed by atoms with Gasteiger partial charge in [0, 0.05) is 25.0 Å². The highest BCUT2D eigenvalue weighted by Gasteiger charge is 2.14. The van der Waals surface area contributed by atoms with E-state index in [0.717, 1.165) is 43.0 Å². The molecule has 0 unspecified atom stereocenters. The Hall–Kier alpha value is -3.14. The summed E-state index contributed by atoms with van der Waals surface area (Å²) >= 11 is 0. The van der Waals surface area contributed by atoms with E-state index in [1.807, 2.05) is 25.1 Å². The van der Waals surface area contributed by atoms with E-state index in [2.05, 4.69) is 57.7 Å². The van der Waals surface area contributed by atoms with Gasteiger partial charge in [-0.2, -0.15) is 0 Å². The Morgan fingerprint density at radius 2 is 1.70 bits per heavy atom. The Kier molecular flexibility index (Phi) is 6.43. The van der Waals surface area contributed by atoms with Crippen LogP contribution in [0.1, 0.15) is 46.3 Å². The summed E-state index contributed by atoms with van der Waals surface area (Å²) in [5.74, 6) is 0.848. The minimum atomic E-state index is -0.115. The van der Waals surface area contributed by atoms with E-state index in [4.69, 9.17) is 0 Å². The number of rotatable bonds is 6. The van der Waals surface area contributed by atoms with Gasteiger partial charge in [0.25, 0.3) is 5.91 Å². The third-order valence-electron chi connectivity index (χ3n) is 5.79. The van der Waals surface area contributed by atoms with E-state index in [1.54, 1.807) is 6.20 Å². The molecule has 1 aliphatic rings. The van der Waals surface area contributed by atoms with Crippen molar-refractivity contribution in [2.24, 2.45) is 0 Å². The lowest BCUT2D eigenvalue weighted by molar-refractivity contribution is 0.102. The number of aromatic nitrogens is 1. The lowest BCUT2D eigenvalue weighted by Gasteiger charge is -2.27. The van der Waals surface area contributed by atoms with Crippen molar-refractivity contribution in [3.63, 3.8) is 0 Å². The number of anilines is 2. The third-order valence-corrected chi connectivity index (χ3v) is 5.79. The highest BCUT2D eigenvalue weighted by molar-refractivity contribution is 6.04. The van der Waals surface area contributed by atoms with Crippen LogP contribution >= 0.6 is 0 Å². The van der Waals surface area contributed by atoms with Gasteiger partial charge in [0.2, 0.25) is 0 Å². The summed E-state index contributed by atoms with van der Waals surface area (Å²) in [6, 6.07) is 20.6. The average molecular weight is 400 g/mol. The molecule has 30 heavy (non-hydrogen) atoms. The molecule has 0 aliphatic carbocycles. The zero-order valence-electron chi connectivity index (χ0n) is 17.6. The largest absolute Gasteiger partial charge is 0.357 e. The molecule has 2 aromatic carbocycles. The highest BCUT2D eigenvalue weighted by Crippen LogP contribution is 2.21. The molecule has 0 atom stereocenters. The monoisotopic (exact) mass is 399 g/mol. The van der Waals surface area contributed by atoms with E-state index in [1.165, 1.54) is 30.4 Å². The molecule has 4 heteroatoms. The SMILES string of the molecule is Cc1ccc(CCc2ccccc2)cc1NC(=O)c1ccc(N2CCCCC2)nc1. The van der Waals surface area contributed by atoms with Crippen molar-refractivity contribution in [1.29, 1.82) is 0 Å². The van der Waals surface area contributed by atoms with Gasteiger partial charge in [-0.1, -0.05) is 42.5 Å². The lowest BCUT2D eigenvalue weighted by atomic mass is 10.0. The first-order valence-corrected chi connectivity index (χ1v) is 10.8. The molecule has 1 N–H and O–H groups in total. The first-order chi connectivity index (χ1) is 14.7. The van der Waals surface area contributed by atoms with Gasteiger partial charge in [-0.25, -0.2) is 4.98 Å². The fourth-order valence-corrected chi connectivity index (χ4v) is 3.92. The first-order valence-electron chi connectivity index (χ1n) is 10.8. The molecule has 0 spiro atoms. The van der Waals surface area contributed by atoms with Crippen molar-refractivity contribution in [3.8, 4) is 0 Å². The average Bonchev–Trinajstić information content (AvgIpc) is 2.81. The molecule has 0 bridgehead atoms. The van der Waals surface area contributed by atoms with Gasteiger partial charge >= 0.3 is 0 Å². The Morgan fingerprint density at radius 1 is 0.933 bits per heavy atom. The number of pyridine rings is 1. The number of carbonyl (C=O) groups is 1. The van der Waals surface area contributed by atoms with Crippen LogP contribution in [0.15, 0.2) is 66.9 Å². The van der Waals surface area contributed by atoms with Crippen LogP contribution in [0.5, 0.6) is 0 Å². The molecular weight excluding hydrogens is 370 g/mol. The van der Waals surface area contributed by atoms with Gasteiger partial charge in [-0.15, -0.1) is 0 Å². The zero-order valence-corrected chi connectivity index (χ0v) is 17.6. The zero-order chi connectivity index (χ0) is 20.8. The van der Waals surface area contributed by atoms with Crippen LogP contribution in [0.2, 0.25) is 0 Å². The van der Waals surface area contributed by atoms with Crippen LogP contribution in [0, 0.1) is 6.92 Å².